The number of hydrogen-bond acceptors (Lipinski definition) is 5. The van der Waals surface area contributed by atoms with Crippen LogP contribution in [0.1, 0.15) is 19.5 Å². The van der Waals surface area contributed by atoms with Gasteiger partial charge in [0.05, 0.1) is 12.2 Å². The Labute approximate surface area is 129 Å². The summed E-state index contributed by atoms with van der Waals surface area (Å²) in [5.41, 5.74) is 1.09. The molecule has 0 saturated carbocycles. The SMILES string of the molecule is CC(C)NCc1c(N(C)CC(=O)N(C)C)nc2sccn12. The lowest BCUT2D eigenvalue weighted by Gasteiger charge is -2.20. The number of rotatable bonds is 6. The van der Waals surface area contributed by atoms with E-state index in [2.05, 4.69) is 28.5 Å². The van der Waals surface area contributed by atoms with E-state index in [1.165, 1.54) is 0 Å². The molecule has 0 unspecified atom stereocenters. The second-order valence-corrected chi connectivity index (χ2v) is 6.49. The van der Waals surface area contributed by atoms with E-state index >= 15 is 0 Å². The summed E-state index contributed by atoms with van der Waals surface area (Å²) in [7, 11) is 5.44. The van der Waals surface area contributed by atoms with Crippen LogP contribution in [0.4, 0.5) is 5.82 Å². The van der Waals surface area contributed by atoms with Crippen molar-refractivity contribution in [2.45, 2.75) is 26.4 Å². The Balaban J connectivity index is 2.26. The van der Waals surface area contributed by atoms with E-state index in [9.17, 15) is 4.79 Å². The standard InChI is InChI=1S/C14H23N5OS/c1-10(2)15-8-11-13(16-14-19(11)6-7-21-14)18(5)9-12(20)17(3)4/h6-7,10,15H,8-9H2,1-5H3. The Morgan fingerprint density at radius 2 is 2.14 bits per heavy atom. The lowest BCUT2D eigenvalue weighted by Crippen LogP contribution is -2.35. The normalized spacial score (nSPS) is 11.3. The van der Waals surface area contributed by atoms with Crippen LogP contribution in [-0.4, -0.2) is 53.9 Å². The van der Waals surface area contributed by atoms with Gasteiger partial charge in [-0.3, -0.25) is 9.20 Å². The van der Waals surface area contributed by atoms with E-state index in [4.69, 9.17) is 0 Å². The summed E-state index contributed by atoms with van der Waals surface area (Å²) in [6.45, 7) is 5.29. The highest BCUT2D eigenvalue weighted by molar-refractivity contribution is 7.15. The molecule has 2 rings (SSSR count). The van der Waals surface area contributed by atoms with Crippen LogP contribution < -0.4 is 10.2 Å². The Morgan fingerprint density at radius 1 is 1.43 bits per heavy atom. The van der Waals surface area contributed by atoms with E-state index in [1.807, 2.05) is 23.5 Å². The van der Waals surface area contributed by atoms with Crippen molar-refractivity contribution in [1.82, 2.24) is 19.6 Å². The third-order valence-corrected chi connectivity index (χ3v) is 4.01. The third kappa shape index (κ3) is 3.54. The van der Waals surface area contributed by atoms with Crippen molar-refractivity contribution in [3.8, 4) is 0 Å². The van der Waals surface area contributed by atoms with Gasteiger partial charge in [0.25, 0.3) is 0 Å². The van der Waals surface area contributed by atoms with Crippen molar-refractivity contribution < 1.29 is 4.79 Å². The third-order valence-electron chi connectivity index (χ3n) is 3.25. The highest BCUT2D eigenvalue weighted by Crippen LogP contribution is 2.24. The quantitative estimate of drug-likeness (QED) is 0.877. The maximum atomic E-state index is 11.9. The molecule has 0 radical (unpaired) electrons. The van der Waals surface area contributed by atoms with Crippen LogP contribution >= 0.6 is 11.3 Å². The molecule has 7 heteroatoms. The highest BCUT2D eigenvalue weighted by Gasteiger charge is 2.19. The molecule has 0 aliphatic heterocycles. The van der Waals surface area contributed by atoms with Gasteiger partial charge in [-0.15, -0.1) is 11.3 Å². The maximum Gasteiger partial charge on any atom is 0.241 e. The maximum absolute atomic E-state index is 11.9. The van der Waals surface area contributed by atoms with Crippen molar-refractivity contribution in [2.75, 3.05) is 32.6 Å². The summed E-state index contributed by atoms with van der Waals surface area (Å²) >= 11 is 1.60. The average Bonchev–Trinajstić information content (AvgIpc) is 2.96. The molecule has 0 fully saturated rings. The van der Waals surface area contributed by atoms with Crippen LogP contribution in [0.5, 0.6) is 0 Å². The average molecular weight is 309 g/mol. The van der Waals surface area contributed by atoms with Gasteiger partial charge >= 0.3 is 0 Å². The molecule has 0 aliphatic rings. The zero-order chi connectivity index (χ0) is 15.6. The van der Waals surface area contributed by atoms with E-state index in [1.54, 1.807) is 30.3 Å². The summed E-state index contributed by atoms with van der Waals surface area (Å²) in [5, 5.41) is 5.45. The lowest BCUT2D eigenvalue weighted by molar-refractivity contribution is -0.127. The van der Waals surface area contributed by atoms with Gasteiger partial charge in [0, 0.05) is 45.3 Å². The van der Waals surface area contributed by atoms with Crippen molar-refractivity contribution in [3.05, 3.63) is 17.3 Å². The molecule has 6 nitrogen and oxygen atoms in total. The first-order valence-electron chi connectivity index (χ1n) is 6.99. The summed E-state index contributed by atoms with van der Waals surface area (Å²) < 4.78 is 2.09. The first-order valence-corrected chi connectivity index (χ1v) is 7.87. The first kappa shape index (κ1) is 15.8. The van der Waals surface area contributed by atoms with Crippen LogP contribution in [0.25, 0.3) is 4.96 Å². The number of hydrogen-bond donors (Lipinski definition) is 1. The fourth-order valence-electron chi connectivity index (χ4n) is 2.01. The number of imidazole rings is 1. The van der Waals surface area contributed by atoms with Crippen molar-refractivity contribution in [1.29, 1.82) is 0 Å². The van der Waals surface area contributed by atoms with Gasteiger partial charge in [-0.2, -0.15) is 0 Å². The Bertz CT molecular complexity index is 616. The molecule has 116 valence electrons. The Hall–Kier alpha value is -1.60. The number of thiazole rings is 1. The van der Waals surface area contributed by atoms with Gasteiger partial charge in [-0.25, -0.2) is 4.98 Å². The number of likely N-dealkylation sites (N-methyl/N-ethyl adjacent to an activating group) is 2. The van der Waals surface area contributed by atoms with Gasteiger partial charge in [0.2, 0.25) is 5.91 Å². The zero-order valence-electron chi connectivity index (χ0n) is 13.3. The van der Waals surface area contributed by atoms with Gasteiger partial charge in [0.1, 0.15) is 0 Å². The molecule has 21 heavy (non-hydrogen) atoms. The Morgan fingerprint density at radius 3 is 2.76 bits per heavy atom. The van der Waals surface area contributed by atoms with Crippen LogP contribution in [0.15, 0.2) is 11.6 Å². The summed E-state index contributed by atoms with van der Waals surface area (Å²) in [6.07, 6.45) is 2.02. The molecular formula is C14H23N5OS. The molecule has 0 saturated heterocycles. The van der Waals surface area contributed by atoms with Crippen molar-refractivity contribution in [2.24, 2.45) is 0 Å². The minimum atomic E-state index is 0.0663. The monoisotopic (exact) mass is 309 g/mol. The number of carbonyl (C=O) groups excluding carboxylic acids is 1. The number of nitrogens with one attached hydrogen (secondary N) is 1. The number of carbonyl (C=O) groups is 1. The first-order chi connectivity index (χ1) is 9.90. The number of amides is 1. The molecule has 2 heterocycles. The van der Waals surface area contributed by atoms with Gasteiger partial charge in [-0.1, -0.05) is 13.8 Å². The fourth-order valence-corrected chi connectivity index (χ4v) is 2.74. The molecule has 1 amide bonds. The van der Waals surface area contributed by atoms with E-state index in [0.717, 1.165) is 23.0 Å². The van der Waals surface area contributed by atoms with Crippen LogP contribution in [0.3, 0.4) is 0 Å². The molecule has 0 bridgehead atoms. The van der Waals surface area contributed by atoms with E-state index < -0.39 is 0 Å². The minimum Gasteiger partial charge on any atom is -0.349 e. The number of aromatic nitrogens is 2. The summed E-state index contributed by atoms with van der Waals surface area (Å²) in [4.78, 5) is 21.0. The molecule has 1 N–H and O–H groups in total. The second-order valence-electron chi connectivity index (χ2n) is 5.62. The van der Waals surface area contributed by atoms with Gasteiger partial charge < -0.3 is 15.1 Å². The molecule has 0 spiro atoms. The Kier molecular flexibility index (Phi) is 4.84. The predicted octanol–water partition coefficient (Wildman–Crippen LogP) is 1.42. The number of anilines is 1. The van der Waals surface area contributed by atoms with Crippen LogP contribution in [-0.2, 0) is 11.3 Å². The molecule has 2 aromatic rings. The fraction of sp³-hybridized carbons (Fsp3) is 0.571. The van der Waals surface area contributed by atoms with Crippen molar-refractivity contribution >= 4 is 28.0 Å². The topological polar surface area (TPSA) is 52.9 Å². The van der Waals surface area contributed by atoms with Crippen LogP contribution in [0, 0.1) is 0 Å². The second kappa shape index (κ2) is 6.44. The number of nitrogens with zero attached hydrogens (tertiary/aromatic N) is 4. The molecule has 2 aromatic heterocycles. The molecule has 0 aromatic carbocycles. The van der Waals surface area contributed by atoms with Gasteiger partial charge in [0.15, 0.2) is 10.8 Å². The van der Waals surface area contributed by atoms with E-state index in [0.29, 0.717) is 12.6 Å². The molecule has 0 aliphatic carbocycles. The largest absolute Gasteiger partial charge is 0.349 e. The highest BCUT2D eigenvalue weighted by atomic mass is 32.1. The molecule has 0 atom stereocenters. The van der Waals surface area contributed by atoms with Crippen LogP contribution in [0.2, 0.25) is 0 Å². The summed E-state index contributed by atoms with van der Waals surface area (Å²) in [5.74, 6) is 0.932. The smallest absolute Gasteiger partial charge is 0.241 e. The van der Waals surface area contributed by atoms with E-state index in [-0.39, 0.29) is 5.91 Å². The minimum absolute atomic E-state index is 0.0663. The molecular weight excluding hydrogens is 286 g/mol. The van der Waals surface area contributed by atoms with Gasteiger partial charge in [-0.05, 0) is 0 Å². The van der Waals surface area contributed by atoms with Crippen molar-refractivity contribution in [3.63, 3.8) is 0 Å². The predicted molar refractivity (Wildman–Crippen MR) is 87.0 cm³/mol. The summed E-state index contributed by atoms with van der Waals surface area (Å²) in [6, 6.07) is 0.399. The number of fused-ring (bicyclic) bond motifs is 1. The zero-order valence-corrected chi connectivity index (χ0v) is 14.1. The lowest BCUT2D eigenvalue weighted by atomic mass is 10.3.